The molecule has 5 nitrogen and oxygen atoms in total. The van der Waals surface area contributed by atoms with Crippen LogP contribution in [0.25, 0.3) is 22.2 Å². The van der Waals surface area contributed by atoms with E-state index in [0.29, 0.717) is 16.1 Å². The molecule has 3 N–H and O–H groups in total. The number of nitrogens with zero attached hydrogens (tertiary/aromatic N) is 2. The second-order valence-corrected chi connectivity index (χ2v) is 4.44. The molecule has 0 aliphatic carbocycles. The molecule has 0 bridgehead atoms. The minimum Gasteiger partial charge on any atom is -0.368 e. The molecule has 3 rings (SSSR count). The lowest BCUT2D eigenvalue weighted by atomic mass is 10.1. The number of aromatic nitrogens is 3. The van der Waals surface area contributed by atoms with Crippen molar-refractivity contribution in [3.05, 3.63) is 51.9 Å². The van der Waals surface area contributed by atoms with Crippen molar-refractivity contribution < 1.29 is 0 Å². The van der Waals surface area contributed by atoms with Gasteiger partial charge in [-0.25, -0.2) is 9.97 Å². The summed E-state index contributed by atoms with van der Waals surface area (Å²) in [5.41, 5.74) is 7.09. The van der Waals surface area contributed by atoms with Crippen LogP contribution in [0.3, 0.4) is 0 Å². The lowest BCUT2D eigenvalue weighted by Gasteiger charge is -2.06. The maximum atomic E-state index is 11.7. The van der Waals surface area contributed by atoms with E-state index in [9.17, 15) is 4.79 Å². The van der Waals surface area contributed by atoms with Gasteiger partial charge in [-0.3, -0.25) is 4.79 Å². The predicted octanol–water partition coefficient (Wildman–Crippen LogP) is 2.22. The SMILES string of the molecule is Nc1nc(-c2ccc(Cl)cc2)c2cc[nH]c(=O)c2n1. The topological polar surface area (TPSA) is 84.7 Å². The highest BCUT2D eigenvalue weighted by Gasteiger charge is 2.10. The Hall–Kier alpha value is -2.40. The Kier molecular flexibility index (Phi) is 2.68. The average Bonchev–Trinajstić information content (AvgIpc) is 2.40. The molecule has 0 fully saturated rings. The van der Waals surface area contributed by atoms with Crippen molar-refractivity contribution in [2.45, 2.75) is 0 Å². The van der Waals surface area contributed by atoms with Crippen LogP contribution in [-0.2, 0) is 0 Å². The third-order valence-corrected chi connectivity index (χ3v) is 3.01. The summed E-state index contributed by atoms with van der Waals surface area (Å²) in [5.74, 6) is 0.0640. The summed E-state index contributed by atoms with van der Waals surface area (Å²) in [5, 5.41) is 1.29. The van der Waals surface area contributed by atoms with Gasteiger partial charge in [0.2, 0.25) is 5.95 Å². The lowest BCUT2D eigenvalue weighted by Crippen LogP contribution is -2.09. The van der Waals surface area contributed by atoms with Crippen LogP contribution in [0.5, 0.6) is 0 Å². The fraction of sp³-hybridized carbons (Fsp3) is 0. The number of H-pyrrole nitrogens is 1. The molecule has 6 heteroatoms. The fourth-order valence-electron chi connectivity index (χ4n) is 1.91. The lowest BCUT2D eigenvalue weighted by molar-refractivity contribution is 1.19. The second-order valence-electron chi connectivity index (χ2n) is 4.01. The van der Waals surface area contributed by atoms with Gasteiger partial charge in [0.25, 0.3) is 5.56 Å². The molecule has 2 aromatic heterocycles. The van der Waals surface area contributed by atoms with Gasteiger partial charge in [-0.2, -0.15) is 0 Å². The Bertz CT molecular complexity index is 811. The van der Waals surface area contributed by atoms with Crippen LogP contribution in [0, 0.1) is 0 Å². The van der Waals surface area contributed by atoms with Gasteiger partial charge in [-0.05, 0) is 18.2 Å². The Balaban J connectivity index is 2.37. The van der Waals surface area contributed by atoms with E-state index in [0.717, 1.165) is 5.56 Å². The van der Waals surface area contributed by atoms with Gasteiger partial charge in [0, 0.05) is 22.2 Å². The van der Waals surface area contributed by atoms with E-state index >= 15 is 0 Å². The largest absolute Gasteiger partial charge is 0.368 e. The Labute approximate surface area is 113 Å². The normalized spacial score (nSPS) is 10.8. The summed E-state index contributed by atoms with van der Waals surface area (Å²) in [4.78, 5) is 22.5. The number of aromatic amines is 1. The number of nitrogen functional groups attached to an aromatic ring is 1. The van der Waals surface area contributed by atoms with Gasteiger partial charge in [-0.15, -0.1) is 0 Å². The van der Waals surface area contributed by atoms with Crippen molar-refractivity contribution in [3.63, 3.8) is 0 Å². The van der Waals surface area contributed by atoms with Gasteiger partial charge < -0.3 is 10.7 Å². The zero-order valence-electron chi connectivity index (χ0n) is 9.72. The number of hydrogen-bond donors (Lipinski definition) is 2. The Morgan fingerprint density at radius 3 is 2.58 bits per heavy atom. The molecule has 0 saturated carbocycles. The van der Waals surface area contributed by atoms with E-state index in [1.807, 2.05) is 12.1 Å². The molecule has 0 spiro atoms. The Morgan fingerprint density at radius 2 is 1.84 bits per heavy atom. The van der Waals surface area contributed by atoms with Crippen LogP contribution in [0.4, 0.5) is 5.95 Å². The van der Waals surface area contributed by atoms with Crippen molar-refractivity contribution in [3.8, 4) is 11.3 Å². The summed E-state index contributed by atoms with van der Waals surface area (Å²) in [6, 6.07) is 8.91. The molecule has 0 radical (unpaired) electrons. The highest BCUT2D eigenvalue weighted by Crippen LogP contribution is 2.25. The van der Waals surface area contributed by atoms with Crippen molar-refractivity contribution in [2.24, 2.45) is 0 Å². The monoisotopic (exact) mass is 272 g/mol. The summed E-state index contributed by atoms with van der Waals surface area (Å²) >= 11 is 5.86. The summed E-state index contributed by atoms with van der Waals surface area (Å²) in [6.07, 6.45) is 1.56. The quantitative estimate of drug-likeness (QED) is 0.711. The predicted molar refractivity (Wildman–Crippen MR) is 75.0 cm³/mol. The molecule has 0 aliphatic rings. The molecule has 0 atom stereocenters. The standard InChI is InChI=1S/C13H9ClN4O/c14-8-3-1-7(2-4-8)10-9-5-6-16-12(19)11(9)18-13(15)17-10/h1-6H,(H,16,19)(H2,15,17,18). The van der Waals surface area contributed by atoms with Gasteiger partial charge in [0.1, 0.15) is 5.52 Å². The number of nitrogens with two attached hydrogens (primary N) is 1. The van der Waals surface area contributed by atoms with Gasteiger partial charge in [0.15, 0.2) is 0 Å². The van der Waals surface area contributed by atoms with Gasteiger partial charge in [0.05, 0.1) is 5.69 Å². The van der Waals surface area contributed by atoms with Crippen LogP contribution in [0.15, 0.2) is 41.3 Å². The number of benzene rings is 1. The highest BCUT2D eigenvalue weighted by atomic mass is 35.5. The first-order chi connectivity index (χ1) is 9.15. The molecule has 94 valence electrons. The van der Waals surface area contributed by atoms with Crippen molar-refractivity contribution in [1.29, 1.82) is 0 Å². The maximum absolute atomic E-state index is 11.7. The molecular weight excluding hydrogens is 264 g/mol. The first kappa shape index (κ1) is 11.7. The molecule has 3 aromatic rings. The average molecular weight is 273 g/mol. The summed E-state index contributed by atoms with van der Waals surface area (Å²) in [6.45, 7) is 0. The number of pyridine rings is 1. The number of nitrogens with one attached hydrogen (secondary N) is 1. The van der Waals surface area contributed by atoms with Crippen molar-refractivity contribution >= 4 is 28.5 Å². The van der Waals surface area contributed by atoms with E-state index < -0.39 is 0 Å². The summed E-state index contributed by atoms with van der Waals surface area (Å²) < 4.78 is 0. The minimum absolute atomic E-state index is 0.0640. The van der Waals surface area contributed by atoms with E-state index in [1.165, 1.54) is 0 Å². The fourth-order valence-corrected chi connectivity index (χ4v) is 2.04. The number of anilines is 1. The van der Waals surface area contributed by atoms with Crippen molar-refractivity contribution in [1.82, 2.24) is 15.0 Å². The molecule has 2 heterocycles. The molecule has 0 aliphatic heterocycles. The van der Waals surface area contributed by atoms with Gasteiger partial charge >= 0.3 is 0 Å². The zero-order chi connectivity index (χ0) is 13.4. The van der Waals surface area contributed by atoms with Crippen LogP contribution >= 0.6 is 11.6 Å². The number of rotatable bonds is 1. The molecule has 0 amide bonds. The van der Waals surface area contributed by atoms with E-state index in [4.69, 9.17) is 17.3 Å². The maximum Gasteiger partial charge on any atom is 0.274 e. The van der Waals surface area contributed by atoms with Crippen LogP contribution in [-0.4, -0.2) is 15.0 Å². The third kappa shape index (κ3) is 2.04. The third-order valence-electron chi connectivity index (χ3n) is 2.76. The molecule has 1 aromatic carbocycles. The highest BCUT2D eigenvalue weighted by molar-refractivity contribution is 6.30. The number of hydrogen-bond acceptors (Lipinski definition) is 4. The molecule has 19 heavy (non-hydrogen) atoms. The van der Waals surface area contributed by atoms with E-state index in [1.54, 1.807) is 24.4 Å². The first-order valence-corrected chi connectivity index (χ1v) is 5.94. The molecular formula is C13H9ClN4O. The zero-order valence-corrected chi connectivity index (χ0v) is 10.5. The summed E-state index contributed by atoms with van der Waals surface area (Å²) in [7, 11) is 0. The van der Waals surface area contributed by atoms with Crippen LogP contribution in [0.2, 0.25) is 5.02 Å². The molecule has 0 saturated heterocycles. The van der Waals surface area contributed by atoms with Crippen molar-refractivity contribution in [2.75, 3.05) is 5.73 Å². The van der Waals surface area contributed by atoms with Crippen LogP contribution < -0.4 is 11.3 Å². The molecule has 0 unspecified atom stereocenters. The minimum atomic E-state index is -0.290. The Morgan fingerprint density at radius 1 is 1.11 bits per heavy atom. The smallest absolute Gasteiger partial charge is 0.274 e. The first-order valence-electron chi connectivity index (χ1n) is 5.56. The van der Waals surface area contributed by atoms with Gasteiger partial charge in [-0.1, -0.05) is 23.7 Å². The van der Waals surface area contributed by atoms with E-state index in [2.05, 4.69) is 15.0 Å². The number of halogens is 1. The van der Waals surface area contributed by atoms with Crippen LogP contribution in [0.1, 0.15) is 0 Å². The number of fused-ring (bicyclic) bond motifs is 1. The van der Waals surface area contributed by atoms with E-state index in [-0.39, 0.29) is 17.0 Å². The second kappa shape index (κ2) is 4.37.